The van der Waals surface area contributed by atoms with Gasteiger partial charge in [0.05, 0.1) is 9.90 Å². The molecule has 148 valence electrons. The zero-order chi connectivity index (χ0) is 20.2. The maximum absolute atomic E-state index is 12.8. The zero-order valence-corrected chi connectivity index (χ0v) is 17.1. The van der Waals surface area contributed by atoms with Crippen molar-refractivity contribution < 1.29 is 14.3 Å². The number of nitrogens with one attached hydrogen (secondary N) is 1. The van der Waals surface area contributed by atoms with E-state index in [1.807, 2.05) is 23.6 Å². The highest BCUT2D eigenvalue weighted by molar-refractivity contribution is 7.12. The van der Waals surface area contributed by atoms with Gasteiger partial charge in [-0.3, -0.25) is 9.59 Å². The van der Waals surface area contributed by atoms with Gasteiger partial charge in [0.15, 0.2) is 0 Å². The molecule has 4 rings (SSSR count). The number of para-hydroxylation sites is 1. The van der Waals surface area contributed by atoms with Crippen LogP contribution in [0.4, 0.5) is 5.69 Å². The number of carbonyl (C=O) groups is 2. The summed E-state index contributed by atoms with van der Waals surface area (Å²) >= 11 is 7.50. The third-order valence-corrected chi connectivity index (χ3v) is 5.90. The number of hydrogen-bond donors (Lipinski definition) is 1. The molecule has 1 aliphatic heterocycles. The van der Waals surface area contributed by atoms with E-state index in [0.29, 0.717) is 40.1 Å². The molecular weight excluding hydrogens is 408 g/mol. The maximum Gasteiger partial charge on any atom is 0.264 e. The van der Waals surface area contributed by atoms with Gasteiger partial charge < -0.3 is 15.0 Å². The van der Waals surface area contributed by atoms with Crippen molar-refractivity contribution in [2.24, 2.45) is 0 Å². The van der Waals surface area contributed by atoms with Gasteiger partial charge in [0.25, 0.3) is 5.91 Å². The molecule has 5 nitrogen and oxygen atoms in total. The van der Waals surface area contributed by atoms with Crippen molar-refractivity contribution in [2.75, 3.05) is 11.9 Å². The summed E-state index contributed by atoms with van der Waals surface area (Å²) < 4.78 is 5.76. The van der Waals surface area contributed by atoms with Crippen LogP contribution in [-0.2, 0) is 4.79 Å². The van der Waals surface area contributed by atoms with E-state index in [1.165, 1.54) is 11.3 Å². The average Bonchev–Trinajstić information content (AvgIpc) is 3.43. The molecule has 2 aromatic carbocycles. The lowest BCUT2D eigenvalue weighted by Gasteiger charge is -2.23. The largest absolute Gasteiger partial charge is 0.456 e. The van der Waals surface area contributed by atoms with Crippen LogP contribution in [0.1, 0.15) is 22.5 Å². The van der Waals surface area contributed by atoms with Crippen LogP contribution in [0, 0.1) is 0 Å². The van der Waals surface area contributed by atoms with Gasteiger partial charge in [0.1, 0.15) is 17.5 Å². The Morgan fingerprint density at radius 2 is 1.86 bits per heavy atom. The molecule has 1 aromatic heterocycles. The van der Waals surface area contributed by atoms with Crippen molar-refractivity contribution in [1.82, 2.24) is 4.90 Å². The Labute approximate surface area is 177 Å². The number of likely N-dealkylation sites (tertiary alicyclic amines) is 1. The van der Waals surface area contributed by atoms with Gasteiger partial charge in [-0.25, -0.2) is 0 Å². The number of benzene rings is 2. The summed E-state index contributed by atoms with van der Waals surface area (Å²) in [5.74, 6) is 0.930. The Bertz CT molecular complexity index is 1010. The highest BCUT2D eigenvalue weighted by Crippen LogP contribution is 2.29. The monoisotopic (exact) mass is 426 g/mol. The van der Waals surface area contributed by atoms with Crippen LogP contribution in [0.15, 0.2) is 66.0 Å². The molecule has 0 saturated carbocycles. The zero-order valence-electron chi connectivity index (χ0n) is 15.5. The van der Waals surface area contributed by atoms with Crippen molar-refractivity contribution >= 4 is 40.4 Å². The van der Waals surface area contributed by atoms with Crippen LogP contribution in [0.3, 0.4) is 0 Å². The van der Waals surface area contributed by atoms with Crippen molar-refractivity contribution in [1.29, 1.82) is 0 Å². The number of amides is 2. The standard InChI is InChI=1S/C22H19ClN2O3S/c23-17-5-1-2-7-19(17)28-16-11-9-15(10-12-16)24-21(26)18-6-3-13-25(18)22(27)20-8-4-14-29-20/h1-2,4-5,7-12,14,18H,3,6,13H2,(H,24,26)/t18-/m0/s1. The number of nitrogens with zero attached hydrogens (tertiary/aromatic N) is 1. The molecule has 1 fully saturated rings. The summed E-state index contributed by atoms with van der Waals surface area (Å²) in [7, 11) is 0. The molecule has 1 atom stereocenters. The normalized spacial score (nSPS) is 15.9. The number of thiophene rings is 1. The van der Waals surface area contributed by atoms with Gasteiger partial charge >= 0.3 is 0 Å². The Kier molecular flexibility index (Phi) is 5.83. The third kappa shape index (κ3) is 4.44. The fraction of sp³-hybridized carbons (Fsp3) is 0.182. The van der Waals surface area contributed by atoms with E-state index in [9.17, 15) is 9.59 Å². The van der Waals surface area contributed by atoms with Gasteiger partial charge in [0.2, 0.25) is 5.91 Å². The predicted octanol–water partition coefficient (Wildman–Crippen LogP) is 5.44. The fourth-order valence-corrected chi connectivity index (χ4v) is 4.16. The second-order valence-corrected chi connectivity index (χ2v) is 8.03. The number of hydrogen-bond acceptors (Lipinski definition) is 4. The molecule has 0 radical (unpaired) electrons. The number of rotatable bonds is 5. The lowest BCUT2D eigenvalue weighted by Crippen LogP contribution is -2.42. The summed E-state index contributed by atoms with van der Waals surface area (Å²) in [5.41, 5.74) is 0.650. The number of carbonyl (C=O) groups excluding carboxylic acids is 2. The van der Waals surface area contributed by atoms with Crippen molar-refractivity contribution in [2.45, 2.75) is 18.9 Å². The van der Waals surface area contributed by atoms with Crippen LogP contribution in [0.25, 0.3) is 0 Å². The third-order valence-electron chi connectivity index (χ3n) is 4.73. The van der Waals surface area contributed by atoms with Crippen LogP contribution in [-0.4, -0.2) is 29.3 Å². The molecule has 0 bridgehead atoms. The first-order valence-corrected chi connectivity index (χ1v) is 10.6. The number of ether oxygens (including phenoxy) is 1. The van der Waals surface area contributed by atoms with Crippen LogP contribution in [0.5, 0.6) is 11.5 Å². The number of halogens is 1. The van der Waals surface area contributed by atoms with Gasteiger partial charge in [0, 0.05) is 12.2 Å². The number of anilines is 1. The molecule has 2 amide bonds. The smallest absolute Gasteiger partial charge is 0.264 e. The molecule has 0 spiro atoms. The lowest BCUT2D eigenvalue weighted by atomic mass is 10.2. The predicted molar refractivity (Wildman–Crippen MR) is 115 cm³/mol. The van der Waals surface area contributed by atoms with E-state index in [4.69, 9.17) is 16.3 Å². The second kappa shape index (κ2) is 8.68. The van der Waals surface area contributed by atoms with E-state index in [0.717, 1.165) is 6.42 Å². The first-order chi connectivity index (χ1) is 14.1. The molecule has 3 aromatic rings. The first kappa shape index (κ1) is 19.5. The Balaban J connectivity index is 1.40. The Morgan fingerprint density at radius 1 is 1.07 bits per heavy atom. The summed E-state index contributed by atoms with van der Waals surface area (Å²) in [4.78, 5) is 27.7. The quantitative estimate of drug-likeness (QED) is 0.591. The van der Waals surface area contributed by atoms with Crippen LogP contribution < -0.4 is 10.1 Å². The molecule has 29 heavy (non-hydrogen) atoms. The van der Waals surface area contributed by atoms with E-state index in [2.05, 4.69) is 5.32 Å². The minimum Gasteiger partial charge on any atom is -0.456 e. The van der Waals surface area contributed by atoms with E-state index in [1.54, 1.807) is 47.4 Å². The fourth-order valence-electron chi connectivity index (χ4n) is 3.31. The van der Waals surface area contributed by atoms with Crippen LogP contribution in [0.2, 0.25) is 5.02 Å². The topological polar surface area (TPSA) is 58.6 Å². The van der Waals surface area contributed by atoms with Crippen molar-refractivity contribution in [3.05, 3.63) is 75.9 Å². The average molecular weight is 427 g/mol. The van der Waals surface area contributed by atoms with E-state index >= 15 is 0 Å². The first-order valence-electron chi connectivity index (χ1n) is 9.29. The van der Waals surface area contributed by atoms with Gasteiger partial charge in [-0.1, -0.05) is 29.8 Å². The SMILES string of the molecule is O=C(Nc1ccc(Oc2ccccc2Cl)cc1)[C@@H]1CCCN1C(=O)c1cccs1. The molecule has 2 heterocycles. The molecule has 1 aliphatic rings. The van der Waals surface area contributed by atoms with Crippen LogP contribution >= 0.6 is 22.9 Å². The molecule has 0 aliphatic carbocycles. The minimum absolute atomic E-state index is 0.0823. The Morgan fingerprint density at radius 3 is 2.59 bits per heavy atom. The summed E-state index contributed by atoms with van der Waals surface area (Å²) in [6.07, 6.45) is 1.48. The highest BCUT2D eigenvalue weighted by Gasteiger charge is 2.34. The van der Waals surface area contributed by atoms with Gasteiger partial charge in [-0.2, -0.15) is 0 Å². The summed E-state index contributed by atoms with van der Waals surface area (Å²) in [6.45, 7) is 0.597. The van der Waals surface area contributed by atoms with Crippen molar-refractivity contribution in [3.63, 3.8) is 0 Å². The maximum atomic E-state index is 12.8. The highest BCUT2D eigenvalue weighted by atomic mass is 35.5. The van der Waals surface area contributed by atoms with Crippen molar-refractivity contribution in [3.8, 4) is 11.5 Å². The summed E-state index contributed by atoms with van der Waals surface area (Å²) in [5, 5.41) is 5.30. The van der Waals surface area contributed by atoms with E-state index < -0.39 is 6.04 Å². The van der Waals surface area contributed by atoms with E-state index in [-0.39, 0.29) is 11.8 Å². The molecule has 0 unspecified atom stereocenters. The molecular formula is C22H19ClN2O3S. The van der Waals surface area contributed by atoms with Gasteiger partial charge in [-0.15, -0.1) is 11.3 Å². The summed E-state index contributed by atoms with van der Waals surface area (Å²) in [6, 6.07) is 17.5. The molecule has 1 N–H and O–H groups in total. The van der Waals surface area contributed by atoms with Gasteiger partial charge in [-0.05, 0) is 60.7 Å². The molecule has 7 heteroatoms. The Hall–Kier alpha value is -2.83. The lowest BCUT2D eigenvalue weighted by molar-refractivity contribution is -0.119. The molecule has 1 saturated heterocycles. The minimum atomic E-state index is -0.455. The second-order valence-electron chi connectivity index (χ2n) is 6.68.